The fourth-order valence-electron chi connectivity index (χ4n) is 2.02. The zero-order chi connectivity index (χ0) is 17.8. The SMILES string of the molecule is CC(C)(C)[Si](C)(C)OC[C@H]1O[C@@H](OCc2ccccc2)C=CC1=O. The number of ether oxygens (including phenoxy) is 2. The molecule has 4 nitrogen and oxygen atoms in total. The number of benzene rings is 1. The number of carbonyl (C=O) groups is 1. The molecule has 1 aromatic rings. The van der Waals surface area contributed by atoms with E-state index in [0.29, 0.717) is 6.61 Å². The van der Waals surface area contributed by atoms with Gasteiger partial charge in [-0.05, 0) is 35.8 Å². The lowest BCUT2D eigenvalue weighted by Crippen LogP contribution is -2.45. The molecule has 2 rings (SSSR count). The highest BCUT2D eigenvalue weighted by Gasteiger charge is 2.38. The van der Waals surface area contributed by atoms with E-state index >= 15 is 0 Å². The van der Waals surface area contributed by atoms with Crippen molar-refractivity contribution in [1.82, 2.24) is 0 Å². The average Bonchev–Trinajstić information content (AvgIpc) is 2.53. The standard InChI is InChI=1S/C19H28O4Si/c1-19(2,3)24(4,5)22-14-17-16(20)11-12-18(23-17)21-13-15-9-7-6-8-10-15/h6-12,17-18H,13-14H2,1-5H3/t17-,18-/m1/s1. The van der Waals surface area contributed by atoms with Crippen LogP contribution in [0.4, 0.5) is 0 Å². The lowest BCUT2D eigenvalue weighted by Gasteiger charge is -2.37. The molecule has 0 aromatic heterocycles. The summed E-state index contributed by atoms with van der Waals surface area (Å²) in [4.78, 5) is 12.0. The highest BCUT2D eigenvalue weighted by Crippen LogP contribution is 2.36. The Morgan fingerprint density at radius 2 is 1.83 bits per heavy atom. The van der Waals surface area contributed by atoms with Crippen LogP contribution in [0.1, 0.15) is 26.3 Å². The molecular formula is C19H28O4Si. The van der Waals surface area contributed by atoms with Crippen molar-refractivity contribution in [2.75, 3.05) is 6.61 Å². The van der Waals surface area contributed by atoms with Gasteiger partial charge >= 0.3 is 0 Å². The van der Waals surface area contributed by atoms with Crippen LogP contribution in [0.15, 0.2) is 42.5 Å². The van der Waals surface area contributed by atoms with Gasteiger partial charge in [0.25, 0.3) is 0 Å². The first-order valence-electron chi connectivity index (χ1n) is 8.36. The third-order valence-corrected chi connectivity index (χ3v) is 9.19. The van der Waals surface area contributed by atoms with Crippen LogP contribution >= 0.6 is 0 Å². The number of carbonyl (C=O) groups excluding carboxylic acids is 1. The Hall–Kier alpha value is -1.27. The molecule has 1 aliphatic heterocycles. The summed E-state index contributed by atoms with van der Waals surface area (Å²) in [7, 11) is -1.91. The van der Waals surface area contributed by atoms with Crippen molar-refractivity contribution in [3.63, 3.8) is 0 Å². The van der Waals surface area contributed by atoms with Gasteiger partial charge in [-0.1, -0.05) is 51.1 Å². The highest BCUT2D eigenvalue weighted by molar-refractivity contribution is 6.74. The summed E-state index contributed by atoms with van der Waals surface area (Å²) in [6.45, 7) is 11.6. The summed E-state index contributed by atoms with van der Waals surface area (Å²) in [5.41, 5.74) is 1.07. The van der Waals surface area contributed by atoms with Gasteiger partial charge in [-0.25, -0.2) is 0 Å². The Labute approximate surface area is 145 Å². The maximum atomic E-state index is 12.0. The summed E-state index contributed by atoms with van der Waals surface area (Å²) >= 11 is 0. The smallest absolute Gasteiger partial charge is 0.192 e. The normalized spacial score (nSPS) is 22.0. The van der Waals surface area contributed by atoms with Crippen molar-refractivity contribution in [2.24, 2.45) is 0 Å². The van der Waals surface area contributed by atoms with Gasteiger partial charge in [-0.3, -0.25) is 4.79 Å². The van der Waals surface area contributed by atoms with Crippen molar-refractivity contribution in [3.8, 4) is 0 Å². The molecule has 0 saturated carbocycles. The number of hydrogen-bond acceptors (Lipinski definition) is 4. The summed E-state index contributed by atoms with van der Waals surface area (Å²) in [5.74, 6) is -0.0618. The van der Waals surface area contributed by atoms with Gasteiger partial charge in [-0.15, -0.1) is 0 Å². The van der Waals surface area contributed by atoms with E-state index in [1.54, 1.807) is 12.2 Å². The Bertz CT molecular complexity index is 575. The third-order valence-electron chi connectivity index (χ3n) is 4.69. The molecule has 0 N–H and O–H groups in total. The minimum absolute atomic E-state index is 0.0618. The molecule has 1 aromatic carbocycles. The first-order valence-corrected chi connectivity index (χ1v) is 11.3. The molecule has 5 heteroatoms. The van der Waals surface area contributed by atoms with Crippen LogP contribution in [0.2, 0.25) is 18.1 Å². The van der Waals surface area contributed by atoms with Gasteiger partial charge in [0.05, 0.1) is 13.2 Å². The summed E-state index contributed by atoms with van der Waals surface area (Å²) in [6.07, 6.45) is 2.09. The molecular weight excluding hydrogens is 320 g/mol. The maximum absolute atomic E-state index is 12.0. The molecule has 0 aliphatic carbocycles. The van der Waals surface area contributed by atoms with Crippen molar-refractivity contribution in [3.05, 3.63) is 48.0 Å². The van der Waals surface area contributed by atoms with Crippen molar-refractivity contribution in [1.29, 1.82) is 0 Å². The fourth-order valence-corrected chi connectivity index (χ4v) is 3.03. The van der Waals surface area contributed by atoms with Crippen LogP contribution in [0.3, 0.4) is 0 Å². The van der Waals surface area contributed by atoms with Gasteiger partial charge in [0.2, 0.25) is 0 Å². The largest absolute Gasteiger partial charge is 0.414 e. The predicted octanol–water partition coefficient (Wildman–Crippen LogP) is 4.08. The van der Waals surface area contributed by atoms with Gasteiger partial charge in [0.15, 0.2) is 20.4 Å². The number of ketones is 1. The Morgan fingerprint density at radius 1 is 1.17 bits per heavy atom. The van der Waals surface area contributed by atoms with Gasteiger partial charge in [-0.2, -0.15) is 0 Å². The third kappa shape index (κ3) is 5.11. The van der Waals surface area contributed by atoms with E-state index in [2.05, 4.69) is 33.9 Å². The average molecular weight is 349 g/mol. The van der Waals surface area contributed by atoms with Gasteiger partial charge in [0.1, 0.15) is 6.10 Å². The molecule has 2 atom stereocenters. The fraction of sp³-hybridized carbons (Fsp3) is 0.526. The molecule has 24 heavy (non-hydrogen) atoms. The number of rotatable bonds is 6. The maximum Gasteiger partial charge on any atom is 0.192 e. The Kier molecular flexibility index (Phi) is 6.15. The summed E-state index contributed by atoms with van der Waals surface area (Å²) in [5, 5.41) is 0.101. The second kappa shape index (κ2) is 7.74. The Balaban J connectivity index is 1.88. The van der Waals surface area contributed by atoms with Crippen molar-refractivity contribution >= 4 is 14.1 Å². The van der Waals surface area contributed by atoms with E-state index in [1.807, 2.05) is 30.3 Å². The van der Waals surface area contributed by atoms with Crippen LogP contribution < -0.4 is 0 Å². The van der Waals surface area contributed by atoms with Crippen molar-refractivity contribution in [2.45, 2.75) is 57.9 Å². The van der Waals surface area contributed by atoms with Gasteiger partial charge < -0.3 is 13.9 Å². The van der Waals surface area contributed by atoms with E-state index in [0.717, 1.165) is 5.56 Å². The topological polar surface area (TPSA) is 44.8 Å². The Morgan fingerprint density at radius 3 is 2.46 bits per heavy atom. The number of hydrogen-bond donors (Lipinski definition) is 0. The lowest BCUT2D eigenvalue weighted by atomic mass is 10.2. The summed E-state index contributed by atoms with van der Waals surface area (Å²) in [6, 6.07) is 9.89. The molecule has 132 valence electrons. The molecule has 0 spiro atoms. The van der Waals surface area contributed by atoms with Crippen LogP contribution in [0, 0.1) is 0 Å². The second-order valence-electron chi connectivity index (χ2n) is 7.62. The molecule has 0 unspecified atom stereocenters. The quantitative estimate of drug-likeness (QED) is 0.727. The zero-order valence-electron chi connectivity index (χ0n) is 15.2. The first kappa shape index (κ1) is 19.1. The molecule has 0 saturated heterocycles. The van der Waals surface area contributed by atoms with E-state index < -0.39 is 20.7 Å². The van der Waals surface area contributed by atoms with E-state index in [4.69, 9.17) is 13.9 Å². The lowest BCUT2D eigenvalue weighted by molar-refractivity contribution is -0.171. The van der Waals surface area contributed by atoms with Crippen LogP contribution in [-0.4, -0.2) is 33.1 Å². The molecule has 1 heterocycles. The second-order valence-corrected chi connectivity index (χ2v) is 12.4. The molecule has 0 amide bonds. The minimum Gasteiger partial charge on any atom is -0.414 e. The van der Waals surface area contributed by atoms with Crippen LogP contribution in [-0.2, 0) is 25.3 Å². The van der Waals surface area contributed by atoms with Gasteiger partial charge in [0, 0.05) is 0 Å². The zero-order valence-corrected chi connectivity index (χ0v) is 16.2. The predicted molar refractivity (Wildman–Crippen MR) is 97.2 cm³/mol. The van der Waals surface area contributed by atoms with E-state index in [-0.39, 0.29) is 17.4 Å². The molecule has 1 aliphatic rings. The van der Waals surface area contributed by atoms with Crippen LogP contribution in [0.25, 0.3) is 0 Å². The molecule has 0 fully saturated rings. The molecule has 0 bridgehead atoms. The minimum atomic E-state index is -1.91. The molecule has 0 radical (unpaired) electrons. The monoisotopic (exact) mass is 348 g/mol. The van der Waals surface area contributed by atoms with Crippen LogP contribution in [0.5, 0.6) is 0 Å². The van der Waals surface area contributed by atoms with E-state index in [1.165, 1.54) is 0 Å². The van der Waals surface area contributed by atoms with E-state index in [9.17, 15) is 4.79 Å². The van der Waals surface area contributed by atoms with Crippen molar-refractivity contribution < 1.29 is 18.7 Å². The first-order chi connectivity index (χ1) is 11.2. The summed E-state index contributed by atoms with van der Waals surface area (Å²) < 4.78 is 17.6. The highest BCUT2D eigenvalue weighted by atomic mass is 28.4.